The van der Waals surface area contributed by atoms with Gasteiger partial charge in [-0.05, 0) is 34.5 Å². The normalized spacial score (nSPS) is 15.6. The SMILES string of the molecule is O=C1Nc2ccccc2S/C1=C\c1cccc2ccccc12. The summed E-state index contributed by atoms with van der Waals surface area (Å²) in [7, 11) is 0. The molecule has 0 aromatic heterocycles. The number of rotatable bonds is 1. The largest absolute Gasteiger partial charge is 0.320 e. The average molecular weight is 303 g/mol. The van der Waals surface area contributed by atoms with Gasteiger partial charge in [0.15, 0.2) is 0 Å². The molecule has 3 aromatic rings. The second-order valence-electron chi connectivity index (χ2n) is 5.13. The molecule has 0 atom stereocenters. The lowest BCUT2D eigenvalue weighted by Crippen LogP contribution is -2.17. The van der Waals surface area contributed by atoms with Crippen molar-refractivity contribution in [3.8, 4) is 0 Å². The third-order valence-electron chi connectivity index (χ3n) is 3.69. The molecule has 3 heteroatoms. The summed E-state index contributed by atoms with van der Waals surface area (Å²) >= 11 is 1.52. The summed E-state index contributed by atoms with van der Waals surface area (Å²) in [5.74, 6) is -0.0448. The maximum Gasteiger partial charge on any atom is 0.262 e. The Labute approximate surface area is 132 Å². The zero-order valence-electron chi connectivity index (χ0n) is 11.7. The fourth-order valence-corrected chi connectivity index (χ4v) is 3.56. The van der Waals surface area contributed by atoms with Gasteiger partial charge in [-0.2, -0.15) is 0 Å². The molecule has 1 N–H and O–H groups in total. The Balaban J connectivity index is 1.81. The Hall–Kier alpha value is -2.52. The van der Waals surface area contributed by atoms with Crippen molar-refractivity contribution in [2.75, 3.05) is 5.32 Å². The number of carbonyl (C=O) groups is 1. The minimum Gasteiger partial charge on any atom is -0.320 e. The monoisotopic (exact) mass is 303 g/mol. The molecule has 0 spiro atoms. The molecule has 1 heterocycles. The Morgan fingerprint density at radius 3 is 2.59 bits per heavy atom. The molecule has 0 saturated heterocycles. The van der Waals surface area contributed by atoms with Gasteiger partial charge in [-0.1, -0.05) is 66.4 Å². The summed E-state index contributed by atoms with van der Waals surface area (Å²) in [6.07, 6.45) is 1.97. The van der Waals surface area contributed by atoms with E-state index in [9.17, 15) is 4.79 Å². The number of fused-ring (bicyclic) bond motifs is 2. The van der Waals surface area contributed by atoms with E-state index in [1.165, 1.54) is 17.1 Å². The van der Waals surface area contributed by atoms with Gasteiger partial charge in [0.25, 0.3) is 5.91 Å². The highest BCUT2D eigenvalue weighted by Crippen LogP contribution is 2.39. The van der Waals surface area contributed by atoms with Gasteiger partial charge in [0.1, 0.15) is 0 Å². The van der Waals surface area contributed by atoms with Gasteiger partial charge in [-0.15, -0.1) is 0 Å². The second-order valence-corrected chi connectivity index (χ2v) is 6.21. The van der Waals surface area contributed by atoms with Gasteiger partial charge in [0.05, 0.1) is 10.6 Å². The molecule has 0 bridgehead atoms. The second kappa shape index (κ2) is 5.35. The summed E-state index contributed by atoms with van der Waals surface area (Å²) in [4.78, 5) is 14.1. The molecule has 1 amide bonds. The van der Waals surface area contributed by atoms with E-state index >= 15 is 0 Å². The molecule has 4 rings (SSSR count). The minimum atomic E-state index is -0.0448. The predicted octanol–water partition coefficient (Wildman–Crippen LogP) is 4.93. The van der Waals surface area contributed by atoms with Gasteiger partial charge in [-0.25, -0.2) is 0 Å². The standard InChI is InChI=1S/C19H13NOS/c21-19-18(22-17-11-4-3-10-16(17)20-19)12-14-8-5-7-13-6-1-2-9-15(13)14/h1-12H,(H,20,21)/b18-12-. The molecule has 0 radical (unpaired) electrons. The van der Waals surface area contributed by atoms with Gasteiger partial charge < -0.3 is 5.32 Å². The van der Waals surface area contributed by atoms with E-state index in [0.717, 1.165) is 26.4 Å². The number of hydrogen-bond donors (Lipinski definition) is 1. The number of para-hydroxylation sites is 1. The summed E-state index contributed by atoms with van der Waals surface area (Å²) in [5, 5.41) is 5.29. The fraction of sp³-hybridized carbons (Fsp3) is 0. The molecule has 106 valence electrons. The lowest BCUT2D eigenvalue weighted by atomic mass is 10.0. The Morgan fingerprint density at radius 1 is 0.864 bits per heavy atom. The maximum absolute atomic E-state index is 12.3. The molecule has 1 aliphatic rings. The van der Waals surface area contributed by atoms with E-state index in [1.54, 1.807) is 0 Å². The van der Waals surface area contributed by atoms with Crippen molar-refractivity contribution in [2.45, 2.75) is 4.90 Å². The first kappa shape index (κ1) is 13.2. The lowest BCUT2D eigenvalue weighted by Gasteiger charge is -2.18. The highest BCUT2D eigenvalue weighted by atomic mass is 32.2. The Kier molecular flexibility index (Phi) is 3.20. The summed E-state index contributed by atoms with van der Waals surface area (Å²) < 4.78 is 0. The summed E-state index contributed by atoms with van der Waals surface area (Å²) in [5.41, 5.74) is 1.95. The van der Waals surface area contributed by atoms with Crippen molar-refractivity contribution in [1.29, 1.82) is 0 Å². The van der Waals surface area contributed by atoms with Crippen LogP contribution in [0, 0.1) is 0 Å². The van der Waals surface area contributed by atoms with E-state index in [1.807, 2.05) is 54.6 Å². The third-order valence-corrected chi connectivity index (χ3v) is 4.79. The molecular weight excluding hydrogens is 290 g/mol. The first-order valence-corrected chi connectivity index (χ1v) is 7.90. The van der Waals surface area contributed by atoms with Crippen molar-refractivity contribution >= 4 is 40.2 Å². The van der Waals surface area contributed by atoms with Crippen molar-refractivity contribution < 1.29 is 4.79 Å². The van der Waals surface area contributed by atoms with Crippen LogP contribution in [0.4, 0.5) is 5.69 Å². The van der Waals surface area contributed by atoms with Crippen molar-refractivity contribution in [3.05, 3.63) is 77.2 Å². The zero-order valence-corrected chi connectivity index (χ0v) is 12.6. The lowest BCUT2D eigenvalue weighted by molar-refractivity contribution is -0.112. The average Bonchev–Trinajstić information content (AvgIpc) is 2.56. The van der Waals surface area contributed by atoms with Crippen LogP contribution in [-0.2, 0) is 4.79 Å². The third kappa shape index (κ3) is 2.30. The van der Waals surface area contributed by atoms with Gasteiger partial charge in [-0.3, -0.25) is 4.79 Å². The first-order valence-electron chi connectivity index (χ1n) is 7.09. The minimum absolute atomic E-state index is 0.0448. The zero-order chi connectivity index (χ0) is 14.9. The smallest absolute Gasteiger partial charge is 0.262 e. The number of anilines is 1. The van der Waals surface area contributed by atoms with E-state index < -0.39 is 0 Å². The van der Waals surface area contributed by atoms with Crippen LogP contribution in [0.5, 0.6) is 0 Å². The van der Waals surface area contributed by atoms with Crippen LogP contribution in [0.15, 0.2) is 76.5 Å². The van der Waals surface area contributed by atoms with Crippen LogP contribution in [0.1, 0.15) is 5.56 Å². The molecular formula is C19H13NOS. The van der Waals surface area contributed by atoms with Gasteiger partial charge >= 0.3 is 0 Å². The van der Waals surface area contributed by atoms with Crippen LogP contribution in [-0.4, -0.2) is 5.91 Å². The van der Waals surface area contributed by atoms with E-state index in [4.69, 9.17) is 0 Å². The van der Waals surface area contributed by atoms with E-state index in [-0.39, 0.29) is 5.91 Å². The van der Waals surface area contributed by atoms with E-state index in [2.05, 4.69) is 23.5 Å². The molecule has 1 aliphatic heterocycles. The predicted molar refractivity (Wildman–Crippen MR) is 92.9 cm³/mol. The van der Waals surface area contributed by atoms with Crippen molar-refractivity contribution in [1.82, 2.24) is 0 Å². The number of benzene rings is 3. The van der Waals surface area contributed by atoms with Crippen LogP contribution in [0.2, 0.25) is 0 Å². The summed E-state index contributed by atoms with van der Waals surface area (Å²) in [6, 6.07) is 22.2. The van der Waals surface area contributed by atoms with Crippen LogP contribution >= 0.6 is 11.8 Å². The molecule has 0 aliphatic carbocycles. The topological polar surface area (TPSA) is 29.1 Å². The maximum atomic E-state index is 12.3. The van der Waals surface area contributed by atoms with Gasteiger partial charge in [0.2, 0.25) is 0 Å². The number of hydrogen-bond acceptors (Lipinski definition) is 2. The molecule has 22 heavy (non-hydrogen) atoms. The molecule has 0 saturated carbocycles. The number of amides is 1. The molecule has 0 unspecified atom stereocenters. The van der Waals surface area contributed by atoms with Gasteiger partial charge in [0, 0.05) is 4.90 Å². The first-order chi connectivity index (χ1) is 10.8. The van der Waals surface area contributed by atoms with Crippen LogP contribution < -0.4 is 5.32 Å². The fourth-order valence-electron chi connectivity index (χ4n) is 2.62. The molecule has 2 nitrogen and oxygen atoms in total. The number of carbonyl (C=O) groups excluding carboxylic acids is 1. The van der Waals surface area contributed by atoms with Crippen molar-refractivity contribution in [3.63, 3.8) is 0 Å². The quantitative estimate of drug-likeness (QED) is 0.646. The highest BCUT2D eigenvalue weighted by molar-refractivity contribution is 8.04. The highest BCUT2D eigenvalue weighted by Gasteiger charge is 2.20. The number of nitrogens with one attached hydrogen (secondary N) is 1. The van der Waals surface area contributed by atoms with Crippen molar-refractivity contribution in [2.24, 2.45) is 0 Å². The van der Waals surface area contributed by atoms with Crippen LogP contribution in [0.3, 0.4) is 0 Å². The summed E-state index contributed by atoms with van der Waals surface area (Å²) in [6.45, 7) is 0. The Bertz CT molecular complexity index is 909. The molecule has 3 aromatic carbocycles. The molecule has 0 fully saturated rings. The van der Waals surface area contributed by atoms with E-state index in [0.29, 0.717) is 0 Å². The van der Waals surface area contributed by atoms with Crippen LogP contribution in [0.25, 0.3) is 16.8 Å². The Morgan fingerprint density at radius 2 is 1.64 bits per heavy atom. The number of thioether (sulfide) groups is 1.